The Balaban J connectivity index is 3.25. The summed E-state index contributed by atoms with van der Waals surface area (Å²) in [4.78, 5) is 21.0. The Hall–Kier alpha value is -1.10. The molecule has 0 spiro atoms. The molecule has 0 aromatic carbocycles. The van der Waals surface area contributed by atoms with E-state index in [1.165, 1.54) is 0 Å². The van der Waals surface area contributed by atoms with E-state index in [0.717, 1.165) is 0 Å². The number of carbonyl (C=O) groups is 2. The molecule has 0 aliphatic rings. The van der Waals surface area contributed by atoms with Crippen LogP contribution in [0.1, 0.15) is 19.3 Å². The van der Waals surface area contributed by atoms with Gasteiger partial charge in [0.15, 0.2) is 0 Å². The molecule has 0 radical (unpaired) electrons. The van der Waals surface area contributed by atoms with Crippen molar-refractivity contribution in [2.45, 2.75) is 19.3 Å². The Labute approximate surface area is 77.1 Å². The van der Waals surface area contributed by atoms with Crippen LogP contribution in [0.15, 0.2) is 0 Å². The molecule has 0 bridgehead atoms. The summed E-state index contributed by atoms with van der Waals surface area (Å²) in [6.07, 6.45) is 1.01. The molecule has 1 amide bonds. The Morgan fingerprint density at radius 1 is 1.38 bits per heavy atom. The van der Waals surface area contributed by atoms with Crippen molar-refractivity contribution in [1.29, 1.82) is 0 Å². The van der Waals surface area contributed by atoms with Gasteiger partial charge in [0.25, 0.3) is 0 Å². The van der Waals surface area contributed by atoms with Crippen molar-refractivity contribution < 1.29 is 19.4 Å². The number of hydrogen-bond acceptors (Lipinski definition) is 3. The fourth-order valence-electron chi connectivity index (χ4n) is 0.774. The number of rotatable bonds is 7. The molecule has 0 saturated carbocycles. The van der Waals surface area contributed by atoms with Crippen molar-refractivity contribution in [2.75, 3.05) is 20.3 Å². The molecule has 0 aliphatic heterocycles. The van der Waals surface area contributed by atoms with Crippen molar-refractivity contribution in [3.63, 3.8) is 0 Å². The number of carboxylic acid groups (broad SMARTS) is 1. The van der Waals surface area contributed by atoms with Crippen LogP contribution in [0.4, 0.5) is 0 Å². The Kier molecular flexibility index (Phi) is 6.91. The van der Waals surface area contributed by atoms with Crippen molar-refractivity contribution in [1.82, 2.24) is 5.32 Å². The minimum absolute atomic E-state index is 0.0317. The predicted molar refractivity (Wildman–Crippen MR) is 46.4 cm³/mol. The lowest BCUT2D eigenvalue weighted by atomic mass is 10.3. The summed E-state index contributed by atoms with van der Waals surface area (Å²) < 4.78 is 4.76. The zero-order valence-corrected chi connectivity index (χ0v) is 7.71. The maximum Gasteiger partial charge on any atom is 0.305 e. The first-order valence-corrected chi connectivity index (χ1v) is 4.14. The van der Waals surface area contributed by atoms with E-state index >= 15 is 0 Å². The van der Waals surface area contributed by atoms with Crippen molar-refractivity contribution >= 4 is 11.9 Å². The Morgan fingerprint density at radius 2 is 2.08 bits per heavy atom. The highest BCUT2D eigenvalue weighted by molar-refractivity contribution is 5.76. The summed E-state index contributed by atoms with van der Waals surface area (Å²) in [7, 11) is 1.57. The van der Waals surface area contributed by atoms with E-state index in [9.17, 15) is 9.59 Å². The second-order valence-corrected chi connectivity index (χ2v) is 2.59. The molecule has 0 rings (SSSR count). The van der Waals surface area contributed by atoms with Crippen molar-refractivity contribution in [3.05, 3.63) is 0 Å². The van der Waals surface area contributed by atoms with E-state index in [0.29, 0.717) is 19.4 Å². The summed E-state index contributed by atoms with van der Waals surface area (Å²) in [6, 6.07) is 0. The summed E-state index contributed by atoms with van der Waals surface area (Å²) in [5.41, 5.74) is 0. The highest BCUT2D eigenvalue weighted by Gasteiger charge is 2.01. The number of carbonyl (C=O) groups excluding carboxylic acids is 1. The van der Waals surface area contributed by atoms with E-state index in [1.54, 1.807) is 7.11 Å². The zero-order chi connectivity index (χ0) is 10.1. The normalized spacial score (nSPS) is 9.62. The lowest BCUT2D eigenvalue weighted by Gasteiger charge is -2.02. The van der Waals surface area contributed by atoms with E-state index < -0.39 is 5.97 Å². The van der Waals surface area contributed by atoms with Crippen LogP contribution in [0.5, 0.6) is 0 Å². The molecule has 0 aromatic heterocycles. The van der Waals surface area contributed by atoms with Gasteiger partial charge < -0.3 is 15.2 Å². The number of methoxy groups -OCH3 is 1. The standard InChI is InChI=1S/C8H15NO4/c1-13-6-2-3-7(10)9-5-4-8(11)12/h2-6H2,1H3,(H,9,10)(H,11,12). The van der Waals surface area contributed by atoms with Crippen LogP contribution in [0.2, 0.25) is 0 Å². The molecular weight excluding hydrogens is 174 g/mol. The van der Waals surface area contributed by atoms with Crippen molar-refractivity contribution in [2.24, 2.45) is 0 Å². The fraction of sp³-hybridized carbons (Fsp3) is 0.750. The van der Waals surface area contributed by atoms with Crippen LogP contribution in [0, 0.1) is 0 Å². The highest BCUT2D eigenvalue weighted by Crippen LogP contribution is 1.89. The molecule has 5 nitrogen and oxygen atoms in total. The third-order valence-electron chi connectivity index (χ3n) is 1.41. The van der Waals surface area contributed by atoms with Crippen LogP contribution in [-0.2, 0) is 14.3 Å². The fourth-order valence-corrected chi connectivity index (χ4v) is 0.774. The molecule has 0 unspecified atom stereocenters. The minimum Gasteiger partial charge on any atom is -0.481 e. The predicted octanol–water partition coefficient (Wildman–Crippen LogP) is 0.00390. The molecule has 5 heteroatoms. The van der Waals surface area contributed by atoms with Crippen LogP contribution in [0.3, 0.4) is 0 Å². The lowest BCUT2D eigenvalue weighted by molar-refractivity contribution is -0.136. The molecule has 13 heavy (non-hydrogen) atoms. The number of hydrogen-bond donors (Lipinski definition) is 2. The maximum absolute atomic E-state index is 10.9. The van der Waals surface area contributed by atoms with Crippen LogP contribution < -0.4 is 5.32 Å². The van der Waals surface area contributed by atoms with E-state index in [1.807, 2.05) is 0 Å². The third-order valence-corrected chi connectivity index (χ3v) is 1.41. The third kappa shape index (κ3) is 8.81. The van der Waals surface area contributed by atoms with E-state index in [-0.39, 0.29) is 18.9 Å². The molecule has 0 aromatic rings. The first kappa shape index (κ1) is 11.9. The second kappa shape index (κ2) is 7.54. The monoisotopic (exact) mass is 189 g/mol. The zero-order valence-electron chi connectivity index (χ0n) is 7.71. The van der Waals surface area contributed by atoms with Crippen LogP contribution in [0.25, 0.3) is 0 Å². The van der Waals surface area contributed by atoms with Gasteiger partial charge >= 0.3 is 5.97 Å². The molecule has 0 aliphatic carbocycles. The van der Waals surface area contributed by atoms with Gasteiger partial charge in [-0.25, -0.2) is 0 Å². The van der Waals surface area contributed by atoms with Crippen molar-refractivity contribution in [3.8, 4) is 0 Å². The van der Waals surface area contributed by atoms with Gasteiger partial charge in [-0.2, -0.15) is 0 Å². The molecule has 0 atom stereocenters. The van der Waals surface area contributed by atoms with Gasteiger partial charge in [0.1, 0.15) is 0 Å². The van der Waals surface area contributed by atoms with Gasteiger partial charge in [-0.05, 0) is 6.42 Å². The number of aliphatic carboxylic acids is 1. The molecule has 0 saturated heterocycles. The number of carboxylic acids is 1. The number of nitrogens with one attached hydrogen (secondary N) is 1. The van der Waals surface area contributed by atoms with E-state index in [2.05, 4.69) is 5.32 Å². The van der Waals surface area contributed by atoms with Crippen LogP contribution in [-0.4, -0.2) is 37.2 Å². The SMILES string of the molecule is COCCCC(=O)NCCC(=O)O. The first-order chi connectivity index (χ1) is 6.16. The average molecular weight is 189 g/mol. The largest absolute Gasteiger partial charge is 0.481 e. The average Bonchev–Trinajstić information content (AvgIpc) is 2.04. The van der Waals surface area contributed by atoms with Gasteiger partial charge in [-0.3, -0.25) is 9.59 Å². The minimum atomic E-state index is -0.905. The van der Waals surface area contributed by atoms with Gasteiger partial charge in [-0.1, -0.05) is 0 Å². The van der Waals surface area contributed by atoms with Gasteiger partial charge in [0.2, 0.25) is 5.91 Å². The quantitative estimate of drug-likeness (QED) is 0.553. The topological polar surface area (TPSA) is 75.6 Å². The lowest BCUT2D eigenvalue weighted by Crippen LogP contribution is -2.25. The summed E-state index contributed by atoms with van der Waals surface area (Å²) in [6.45, 7) is 0.744. The van der Waals surface area contributed by atoms with E-state index in [4.69, 9.17) is 9.84 Å². The highest BCUT2D eigenvalue weighted by atomic mass is 16.5. The molecule has 2 N–H and O–H groups in total. The van der Waals surface area contributed by atoms with Gasteiger partial charge in [-0.15, -0.1) is 0 Å². The smallest absolute Gasteiger partial charge is 0.305 e. The first-order valence-electron chi connectivity index (χ1n) is 4.14. The molecule has 0 fully saturated rings. The Bertz CT molecular complexity index is 170. The molecule has 76 valence electrons. The molecular formula is C8H15NO4. The summed E-state index contributed by atoms with van der Waals surface area (Å²) in [5, 5.41) is 10.8. The maximum atomic E-state index is 10.9. The van der Waals surface area contributed by atoms with Gasteiger partial charge in [0, 0.05) is 26.7 Å². The second-order valence-electron chi connectivity index (χ2n) is 2.59. The molecule has 0 heterocycles. The Morgan fingerprint density at radius 3 is 2.62 bits per heavy atom. The van der Waals surface area contributed by atoms with Gasteiger partial charge in [0.05, 0.1) is 6.42 Å². The number of ether oxygens (including phenoxy) is 1. The van der Waals surface area contributed by atoms with Crippen LogP contribution >= 0.6 is 0 Å². The summed E-state index contributed by atoms with van der Waals surface area (Å²) in [5.74, 6) is -1.03. The summed E-state index contributed by atoms with van der Waals surface area (Å²) >= 11 is 0. The number of amides is 1.